The van der Waals surface area contributed by atoms with E-state index in [9.17, 15) is 18.0 Å². The number of ketones is 1. The molecule has 0 saturated heterocycles. The van der Waals surface area contributed by atoms with Crippen LogP contribution in [0.1, 0.15) is 40.1 Å². The van der Waals surface area contributed by atoms with Crippen molar-refractivity contribution in [1.82, 2.24) is 4.72 Å². The van der Waals surface area contributed by atoms with Gasteiger partial charge < -0.3 is 4.74 Å². The van der Waals surface area contributed by atoms with Gasteiger partial charge in [-0.3, -0.25) is 4.79 Å². The van der Waals surface area contributed by atoms with Gasteiger partial charge in [0, 0.05) is 5.56 Å². The number of Topliss-reactive ketones (excluding diaryl/α,β-unsaturated/α-hetero) is 1. The lowest BCUT2D eigenvalue weighted by molar-refractivity contribution is 0.0318. The Hall–Kier alpha value is -2.51. The van der Waals surface area contributed by atoms with E-state index in [2.05, 4.69) is 4.72 Å². The standard InChI is InChI=1S/C19H21NO5S/c1-4-14-8-10-15(11-9-14)18(21)13(2)25-19(22)16-6-5-7-17(12-16)26(23,24)20-3/h5-13,20H,4H2,1-3H3. The summed E-state index contributed by atoms with van der Waals surface area (Å²) in [5, 5.41) is 0. The Bertz CT molecular complexity index is 904. The zero-order valence-corrected chi connectivity index (χ0v) is 15.7. The van der Waals surface area contributed by atoms with Gasteiger partial charge in [0.25, 0.3) is 0 Å². The molecule has 1 atom stereocenters. The minimum absolute atomic E-state index is 0.0522. The summed E-state index contributed by atoms with van der Waals surface area (Å²) in [6.07, 6.45) is -0.121. The van der Waals surface area contributed by atoms with Gasteiger partial charge in [0.2, 0.25) is 15.8 Å². The number of nitrogens with one attached hydrogen (secondary N) is 1. The lowest BCUT2D eigenvalue weighted by Gasteiger charge is -2.13. The predicted octanol–water partition coefficient (Wildman–Crippen LogP) is 2.59. The second kappa shape index (κ2) is 8.25. The van der Waals surface area contributed by atoms with Crippen LogP contribution in [0, 0.1) is 0 Å². The summed E-state index contributed by atoms with van der Waals surface area (Å²) in [6, 6.07) is 12.6. The third-order valence-corrected chi connectivity index (χ3v) is 5.36. The summed E-state index contributed by atoms with van der Waals surface area (Å²) in [7, 11) is -2.39. The Morgan fingerprint density at radius 2 is 1.73 bits per heavy atom. The predicted molar refractivity (Wildman–Crippen MR) is 97.7 cm³/mol. The van der Waals surface area contributed by atoms with E-state index >= 15 is 0 Å². The number of hydrogen-bond donors (Lipinski definition) is 1. The number of rotatable bonds is 7. The number of esters is 1. The van der Waals surface area contributed by atoms with Crippen molar-refractivity contribution in [2.75, 3.05) is 7.05 Å². The van der Waals surface area contributed by atoms with Gasteiger partial charge >= 0.3 is 5.97 Å². The van der Waals surface area contributed by atoms with Crippen molar-refractivity contribution in [1.29, 1.82) is 0 Å². The average Bonchev–Trinajstić information content (AvgIpc) is 2.67. The van der Waals surface area contributed by atoms with E-state index in [1.54, 1.807) is 12.1 Å². The van der Waals surface area contributed by atoms with Crippen LogP contribution in [0.3, 0.4) is 0 Å². The summed E-state index contributed by atoms with van der Waals surface area (Å²) >= 11 is 0. The molecule has 0 radical (unpaired) electrons. The van der Waals surface area contributed by atoms with E-state index in [4.69, 9.17) is 4.74 Å². The maximum absolute atomic E-state index is 12.4. The normalized spacial score (nSPS) is 12.4. The van der Waals surface area contributed by atoms with Crippen LogP contribution in [0.4, 0.5) is 0 Å². The molecular formula is C19H21NO5S. The third kappa shape index (κ3) is 4.56. The summed E-state index contributed by atoms with van der Waals surface area (Å²) in [6.45, 7) is 3.51. The molecule has 7 heteroatoms. The molecule has 0 fully saturated rings. The van der Waals surface area contributed by atoms with Crippen LogP contribution in [0.25, 0.3) is 0 Å². The number of carbonyl (C=O) groups excluding carboxylic acids is 2. The maximum atomic E-state index is 12.4. The minimum Gasteiger partial charge on any atom is -0.451 e. The molecule has 2 aromatic rings. The van der Waals surface area contributed by atoms with Gasteiger partial charge in [-0.05, 0) is 44.2 Å². The highest BCUT2D eigenvalue weighted by Crippen LogP contribution is 2.15. The van der Waals surface area contributed by atoms with Crippen LogP contribution in [-0.4, -0.2) is 33.3 Å². The van der Waals surface area contributed by atoms with E-state index in [1.807, 2.05) is 19.1 Å². The first-order valence-electron chi connectivity index (χ1n) is 8.16. The summed E-state index contributed by atoms with van der Waals surface area (Å²) in [5.74, 6) is -1.08. The van der Waals surface area contributed by atoms with E-state index in [1.165, 1.54) is 38.2 Å². The second-order valence-corrected chi connectivity index (χ2v) is 7.58. The Morgan fingerprint density at radius 1 is 1.08 bits per heavy atom. The quantitative estimate of drug-likeness (QED) is 0.593. The van der Waals surface area contributed by atoms with Crippen molar-refractivity contribution < 1.29 is 22.7 Å². The molecule has 0 saturated carbocycles. The number of sulfonamides is 1. The van der Waals surface area contributed by atoms with Crippen LogP contribution < -0.4 is 4.72 Å². The minimum atomic E-state index is -3.67. The fourth-order valence-corrected chi connectivity index (χ4v) is 3.11. The first kappa shape index (κ1) is 19.8. The van der Waals surface area contributed by atoms with Gasteiger partial charge in [0.15, 0.2) is 6.10 Å². The lowest BCUT2D eigenvalue weighted by atomic mass is 10.0. The van der Waals surface area contributed by atoms with E-state index in [-0.39, 0.29) is 16.2 Å². The number of benzene rings is 2. The Labute approximate surface area is 153 Å². The Balaban J connectivity index is 2.13. The molecule has 0 bridgehead atoms. The monoisotopic (exact) mass is 375 g/mol. The zero-order valence-electron chi connectivity index (χ0n) is 14.9. The number of hydrogen-bond acceptors (Lipinski definition) is 5. The van der Waals surface area contributed by atoms with Gasteiger partial charge in [0.1, 0.15) is 0 Å². The van der Waals surface area contributed by atoms with E-state index in [0.29, 0.717) is 5.56 Å². The Kier molecular flexibility index (Phi) is 6.28. The highest BCUT2D eigenvalue weighted by molar-refractivity contribution is 7.89. The molecule has 0 amide bonds. The van der Waals surface area contributed by atoms with Crippen LogP contribution in [-0.2, 0) is 21.2 Å². The zero-order chi connectivity index (χ0) is 19.3. The number of carbonyl (C=O) groups is 2. The molecule has 2 rings (SSSR count). The van der Waals surface area contributed by atoms with Crippen LogP contribution >= 0.6 is 0 Å². The highest BCUT2D eigenvalue weighted by atomic mass is 32.2. The van der Waals surface area contributed by atoms with E-state index < -0.39 is 22.1 Å². The average molecular weight is 375 g/mol. The van der Waals surface area contributed by atoms with Gasteiger partial charge in [-0.25, -0.2) is 17.9 Å². The molecule has 0 aliphatic rings. The first-order chi connectivity index (χ1) is 12.3. The molecule has 138 valence electrons. The fraction of sp³-hybridized carbons (Fsp3) is 0.263. The van der Waals surface area contributed by atoms with Crippen molar-refractivity contribution >= 4 is 21.8 Å². The molecule has 0 heterocycles. The molecule has 0 aliphatic heterocycles. The van der Waals surface area contributed by atoms with Gasteiger partial charge in [0.05, 0.1) is 10.5 Å². The van der Waals surface area contributed by atoms with Gasteiger partial charge in [-0.2, -0.15) is 0 Å². The molecule has 1 unspecified atom stereocenters. The highest BCUT2D eigenvalue weighted by Gasteiger charge is 2.21. The molecular weight excluding hydrogens is 354 g/mol. The van der Waals surface area contributed by atoms with Crippen LogP contribution in [0.2, 0.25) is 0 Å². The van der Waals surface area contributed by atoms with Crippen molar-refractivity contribution in [2.45, 2.75) is 31.3 Å². The van der Waals surface area contributed by atoms with E-state index in [0.717, 1.165) is 12.0 Å². The van der Waals surface area contributed by atoms with Crippen LogP contribution in [0.15, 0.2) is 53.4 Å². The molecule has 26 heavy (non-hydrogen) atoms. The fourth-order valence-electron chi connectivity index (χ4n) is 2.33. The van der Waals surface area contributed by atoms with Crippen molar-refractivity contribution in [3.63, 3.8) is 0 Å². The largest absolute Gasteiger partial charge is 0.451 e. The SMILES string of the molecule is CCc1ccc(C(=O)C(C)OC(=O)c2cccc(S(=O)(=O)NC)c2)cc1. The van der Waals surface area contributed by atoms with Gasteiger partial charge in [-0.1, -0.05) is 37.3 Å². The summed E-state index contributed by atoms with van der Waals surface area (Å²) < 4.78 is 31.0. The molecule has 0 spiro atoms. The van der Waals surface area contributed by atoms with Crippen molar-refractivity contribution in [3.8, 4) is 0 Å². The van der Waals surface area contributed by atoms with Crippen molar-refractivity contribution in [3.05, 3.63) is 65.2 Å². The van der Waals surface area contributed by atoms with Gasteiger partial charge in [-0.15, -0.1) is 0 Å². The second-order valence-electron chi connectivity index (χ2n) is 5.70. The van der Waals surface area contributed by atoms with Crippen LogP contribution in [0.5, 0.6) is 0 Å². The number of ether oxygens (including phenoxy) is 1. The maximum Gasteiger partial charge on any atom is 0.338 e. The molecule has 1 N–H and O–H groups in total. The third-order valence-electron chi connectivity index (χ3n) is 3.95. The molecule has 0 aliphatic carbocycles. The Morgan fingerprint density at radius 3 is 2.31 bits per heavy atom. The molecule has 0 aromatic heterocycles. The topological polar surface area (TPSA) is 89.5 Å². The lowest BCUT2D eigenvalue weighted by Crippen LogP contribution is -2.25. The van der Waals surface area contributed by atoms with Crippen molar-refractivity contribution in [2.24, 2.45) is 0 Å². The summed E-state index contributed by atoms with van der Waals surface area (Å²) in [4.78, 5) is 24.6. The molecule has 2 aromatic carbocycles. The number of aryl methyl sites for hydroxylation is 1. The first-order valence-corrected chi connectivity index (χ1v) is 9.64. The molecule has 6 nitrogen and oxygen atoms in total. The smallest absolute Gasteiger partial charge is 0.338 e. The summed E-state index contributed by atoms with van der Waals surface area (Å²) in [5.41, 5.74) is 1.62.